The Bertz CT molecular complexity index is 1780. The van der Waals surface area contributed by atoms with Gasteiger partial charge in [-0.2, -0.15) is 0 Å². The number of hydrogen-bond acceptors (Lipinski definition) is 17. The molecule has 0 aromatic carbocycles. The summed E-state index contributed by atoms with van der Waals surface area (Å²) < 4.78 is 41.4. The van der Waals surface area contributed by atoms with E-state index in [-0.39, 0.29) is 64.7 Å². The van der Waals surface area contributed by atoms with Gasteiger partial charge in [-0.15, -0.1) is 0 Å². The van der Waals surface area contributed by atoms with Crippen LogP contribution in [0, 0.1) is 50.2 Å². The molecule has 23 atom stereocenters. The smallest absolute Gasteiger partial charge is 0.315 e. The molecule has 1 spiro atoms. The molecule has 17 heteroatoms. The number of aliphatic hydroxyl groups is 9. The van der Waals surface area contributed by atoms with Crippen LogP contribution in [0.1, 0.15) is 99.8 Å². The van der Waals surface area contributed by atoms with Gasteiger partial charge in [0.1, 0.15) is 72.6 Å². The highest BCUT2D eigenvalue weighted by molar-refractivity contribution is 5.82. The van der Waals surface area contributed by atoms with Crippen molar-refractivity contribution >= 4 is 5.97 Å². The predicted octanol–water partition coefficient (Wildman–Crippen LogP) is 0.406. The molecular formula is C46H72O17. The topological polar surface area (TPSA) is 264 Å². The summed E-state index contributed by atoms with van der Waals surface area (Å²) in [6.45, 7) is 14.8. The first kappa shape index (κ1) is 46.7. The lowest BCUT2D eigenvalue weighted by Crippen LogP contribution is -2.67. The van der Waals surface area contributed by atoms with E-state index in [9.17, 15) is 50.8 Å². The van der Waals surface area contributed by atoms with E-state index < -0.39 is 110 Å². The molecule has 358 valence electrons. The van der Waals surface area contributed by atoms with Crippen molar-refractivity contribution in [1.29, 1.82) is 0 Å². The summed E-state index contributed by atoms with van der Waals surface area (Å²) in [6.07, 6.45) is -12.4. The number of fused-ring (bicyclic) bond motifs is 7. The highest BCUT2D eigenvalue weighted by atomic mass is 16.8. The van der Waals surface area contributed by atoms with Gasteiger partial charge in [-0.1, -0.05) is 60.1 Å². The van der Waals surface area contributed by atoms with Gasteiger partial charge in [-0.05, 0) is 84.4 Å². The third kappa shape index (κ3) is 6.83. The predicted molar refractivity (Wildman–Crippen MR) is 218 cm³/mol. The third-order valence-corrected chi connectivity index (χ3v) is 19.0. The first-order chi connectivity index (χ1) is 29.4. The van der Waals surface area contributed by atoms with Crippen LogP contribution in [0.4, 0.5) is 0 Å². The summed E-state index contributed by atoms with van der Waals surface area (Å²) >= 11 is 0. The first-order valence-corrected chi connectivity index (χ1v) is 23.3. The third-order valence-electron chi connectivity index (χ3n) is 19.0. The van der Waals surface area contributed by atoms with Crippen LogP contribution in [0.3, 0.4) is 0 Å². The van der Waals surface area contributed by atoms with Crippen LogP contribution in [-0.4, -0.2) is 170 Å². The summed E-state index contributed by atoms with van der Waals surface area (Å²) in [6, 6.07) is 0. The molecule has 0 aromatic heterocycles. The summed E-state index contributed by atoms with van der Waals surface area (Å²) in [5.74, 6) is 0.186. The van der Waals surface area contributed by atoms with Gasteiger partial charge in [0.05, 0.1) is 32.0 Å². The number of hydrogen-bond donors (Lipinski definition) is 9. The number of aliphatic hydroxyl groups excluding tert-OH is 9. The maximum Gasteiger partial charge on any atom is 0.315 e. The molecule has 17 nitrogen and oxygen atoms in total. The molecule has 4 aliphatic heterocycles. The van der Waals surface area contributed by atoms with Gasteiger partial charge in [-0.3, -0.25) is 4.79 Å². The van der Waals surface area contributed by atoms with E-state index in [2.05, 4.69) is 54.5 Å². The van der Waals surface area contributed by atoms with E-state index in [0.29, 0.717) is 19.3 Å². The summed E-state index contributed by atoms with van der Waals surface area (Å²) in [5, 5.41) is 97.2. The van der Waals surface area contributed by atoms with Crippen LogP contribution in [0.2, 0.25) is 0 Å². The second-order valence-corrected chi connectivity index (χ2v) is 22.8. The Morgan fingerprint density at radius 1 is 0.698 bits per heavy atom. The number of ether oxygens (including phenoxy) is 7. The molecule has 9 aliphatic rings. The van der Waals surface area contributed by atoms with Crippen molar-refractivity contribution in [3.63, 3.8) is 0 Å². The van der Waals surface area contributed by atoms with E-state index in [0.717, 1.165) is 32.1 Å². The Morgan fingerprint density at radius 2 is 1.37 bits per heavy atom. The largest absolute Gasteiger partial charge is 0.461 e. The number of carbonyl (C=O) groups excluding carboxylic acids is 1. The minimum atomic E-state index is -1.70. The molecule has 2 bridgehead atoms. The van der Waals surface area contributed by atoms with E-state index in [1.165, 1.54) is 5.57 Å². The average molecular weight is 897 g/mol. The Morgan fingerprint density at radius 3 is 2.08 bits per heavy atom. The maximum atomic E-state index is 13.7. The van der Waals surface area contributed by atoms with Gasteiger partial charge in [0.2, 0.25) is 0 Å². The van der Waals surface area contributed by atoms with Gasteiger partial charge in [0, 0.05) is 11.8 Å². The lowest BCUT2D eigenvalue weighted by atomic mass is 9.33. The SMILES string of the molecule is CC1(C)C[C@H]2C3=CC[C@@H]4[C@@]5(C)CC[C@H](O[C@@H]6O[C@H](CO[C@@H]7OC[C@H](O)[C@H](O)[C@H]7O[C@@H]7OC[C@@H](O)[C@H](O)[C@H]7O)[C@@H](O)[C@H](O)[C@H]6O)C(C)(C)[C@@H]5CC[C@@]4(C)[C@]3(C)C[C@@H](O)[C@@]23C[C@@H]1OC3=O. The number of rotatable bonds is 7. The molecule has 63 heavy (non-hydrogen) atoms. The minimum Gasteiger partial charge on any atom is -0.461 e. The zero-order chi connectivity index (χ0) is 45.6. The molecule has 5 aliphatic carbocycles. The molecule has 0 radical (unpaired) electrons. The van der Waals surface area contributed by atoms with Gasteiger partial charge < -0.3 is 79.1 Å². The summed E-state index contributed by atoms with van der Waals surface area (Å²) in [4.78, 5) is 13.7. The Balaban J connectivity index is 0.896. The van der Waals surface area contributed by atoms with Crippen molar-refractivity contribution in [3.8, 4) is 0 Å². The fraction of sp³-hybridized carbons (Fsp3) is 0.935. The monoisotopic (exact) mass is 896 g/mol. The van der Waals surface area contributed by atoms with Crippen molar-refractivity contribution in [2.45, 2.75) is 198 Å². The van der Waals surface area contributed by atoms with Crippen LogP contribution in [0.15, 0.2) is 11.6 Å². The van der Waals surface area contributed by atoms with Crippen LogP contribution >= 0.6 is 0 Å². The fourth-order valence-electron chi connectivity index (χ4n) is 15.0. The molecule has 4 saturated carbocycles. The lowest BCUT2D eigenvalue weighted by molar-refractivity contribution is -0.357. The first-order valence-electron chi connectivity index (χ1n) is 23.3. The van der Waals surface area contributed by atoms with Gasteiger partial charge in [-0.25, -0.2) is 0 Å². The maximum absolute atomic E-state index is 13.7. The molecule has 8 fully saturated rings. The molecule has 0 amide bonds. The second-order valence-electron chi connectivity index (χ2n) is 22.8. The van der Waals surface area contributed by atoms with Crippen molar-refractivity contribution in [2.24, 2.45) is 50.2 Å². The molecule has 9 N–H and O–H groups in total. The molecule has 0 aromatic rings. The number of allylic oxidation sites excluding steroid dienone is 2. The van der Waals surface area contributed by atoms with Gasteiger partial charge in [0.25, 0.3) is 0 Å². The van der Waals surface area contributed by atoms with Crippen molar-refractivity contribution in [3.05, 3.63) is 11.6 Å². The van der Waals surface area contributed by atoms with Crippen LogP contribution < -0.4 is 0 Å². The van der Waals surface area contributed by atoms with E-state index >= 15 is 0 Å². The number of esters is 1. The fourth-order valence-corrected chi connectivity index (χ4v) is 15.0. The molecule has 0 unspecified atom stereocenters. The summed E-state index contributed by atoms with van der Waals surface area (Å²) in [7, 11) is 0. The Hall–Kier alpha value is -1.39. The van der Waals surface area contributed by atoms with E-state index in [4.69, 9.17) is 33.2 Å². The zero-order valence-corrected chi connectivity index (χ0v) is 37.6. The van der Waals surface area contributed by atoms with E-state index in [1.54, 1.807) is 0 Å². The van der Waals surface area contributed by atoms with Gasteiger partial charge in [0.15, 0.2) is 18.9 Å². The normalized spacial score (nSPS) is 56.0. The average Bonchev–Trinajstić information content (AvgIpc) is 3.54. The standard InChI is InChI=1S/C46H72O17/c1-41(2)14-21-20-8-9-26-43(5)12-11-28(42(3,4)25(43)10-13-44(26,6)45(20,7)15-27(49)46(21)16-29(41)62-40(46)56)61-38-35(55)33(53)32(52)24(60-38)19-59-39-36(31(51)23(48)18-58-39)63-37-34(54)30(50)22(47)17-57-37/h8,21-39,47-55H,9-19H2,1-7H3/t21-,22+,23-,24+,25-,26+,27+,28-,29-,30-,31-,32+,33-,34+,35+,36+,37-,38-,39-,43-,44+,45+,46+/m0/s1. The Labute approximate surface area is 369 Å². The van der Waals surface area contributed by atoms with Crippen molar-refractivity contribution in [1.82, 2.24) is 0 Å². The molecule has 9 rings (SSSR count). The lowest BCUT2D eigenvalue weighted by Gasteiger charge is -2.71. The number of carbonyl (C=O) groups is 1. The molecular weight excluding hydrogens is 824 g/mol. The molecule has 4 saturated heterocycles. The van der Waals surface area contributed by atoms with Crippen molar-refractivity contribution in [2.75, 3.05) is 19.8 Å². The van der Waals surface area contributed by atoms with E-state index in [1.807, 2.05) is 0 Å². The highest BCUT2D eigenvalue weighted by Crippen LogP contribution is 2.76. The van der Waals surface area contributed by atoms with Crippen LogP contribution in [0.25, 0.3) is 0 Å². The zero-order valence-electron chi connectivity index (χ0n) is 37.6. The highest BCUT2D eigenvalue weighted by Gasteiger charge is 2.74. The van der Waals surface area contributed by atoms with Gasteiger partial charge >= 0.3 is 5.97 Å². The second kappa shape index (κ2) is 15.8. The van der Waals surface area contributed by atoms with Crippen molar-refractivity contribution < 1.29 is 83.9 Å². The van der Waals surface area contributed by atoms with Crippen LogP contribution in [0.5, 0.6) is 0 Å². The Kier molecular flexibility index (Phi) is 11.7. The molecule has 4 heterocycles. The quantitative estimate of drug-likeness (QED) is 0.0952. The minimum absolute atomic E-state index is 0.0677. The van der Waals surface area contributed by atoms with Crippen LogP contribution in [-0.2, 0) is 38.0 Å². The summed E-state index contributed by atoms with van der Waals surface area (Å²) in [5.41, 5.74) is -0.746.